The van der Waals surface area contributed by atoms with Crippen LogP contribution in [0.1, 0.15) is 9.75 Å². The number of nitro benzene ring substituents is 1. The Morgan fingerprint density at radius 3 is 2.00 bits per heavy atom. The van der Waals surface area contributed by atoms with Gasteiger partial charge in [0.05, 0.1) is 4.92 Å². The van der Waals surface area contributed by atoms with E-state index in [-0.39, 0.29) is 17.3 Å². The first-order chi connectivity index (χ1) is 14.0. The number of thiophene rings is 2. The molecule has 29 heavy (non-hydrogen) atoms. The van der Waals surface area contributed by atoms with Crippen LogP contribution in [0.15, 0.2) is 65.4 Å². The van der Waals surface area contributed by atoms with E-state index in [0.29, 0.717) is 5.69 Å². The number of amides is 2. The average molecular weight is 425 g/mol. The Bertz CT molecular complexity index is 1070. The van der Waals surface area contributed by atoms with Crippen molar-refractivity contribution in [2.75, 3.05) is 10.6 Å². The number of rotatable bonds is 7. The Balaban J connectivity index is 1.72. The van der Waals surface area contributed by atoms with Gasteiger partial charge in [-0.05, 0) is 47.2 Å². The summed E-state index contributed by atoms with van der Waals surface area (Å²) in [7, 11) is 0. The first-order valence-corrected chi connectivity index (χ1v) is 10.1. The monoisotopic (exact) mass is 425 g/mol. The molecule has 2 N–H and O–H groups in total. The van der Waals surface area contributed by atoms with Crippen LogP contribution in [-0.2, 0) is 9.59 Å². The molecule has 0 aliphatic carbocycles. The Labute approximate surface area is 174 Å². The molecule has 0 radical (unpaired) electrons. The van der Waals surface area contributed by atoms with Crippen molar-refractivity contribution in [2.45, 2.75) is 0 Å². The van der Waals surface area contributed by atoms with Gasteiger partial charge in [0.15, 0.2) is 0 Å². The Kier molecular flexibility index (Phi) is 6.67. The van der Waals surface area contributed by atoms with Gasteiger partial charge in [-0.2, -0.15) is 0 Å². The van der Waals surface area contributed by atoms with Gasteiger partial charge in [-0.15, -0.1) is 22.7 Å². The fraction of sp³-hybridized carbons (Fsp3) is 0. The van der Waals surface area contributed by atoms with Gasteiger partial charge in [0, 0.05) is 33.7 Å². The first kappa shape index (κ1) is 20.2. The van der Waals surface area contributed by atoms with Crippen molar-refractivity contribution in [3.63, 3.8) is 0 Å². The van der Waals surface area contributed by atoms with Crippen LogP contribution >= 0.6 is 22.7 Å². The molecular weight excluding hydrogens is 410 g/mol. The molecule has 9 heteroatoms. The number of carbonyl (C=O) groups excluding carboxylic acids is 2. The van der Waals surface area contributed by atoms with E-state index < -0.39 is 10.8 Å². The summed E-state index contributed by atoms with van der Waals surface area (Å²) in [5.74, 6) is -0.898. The van der Waals surface area contributed by atoms with E-state index in [9.17, 15) is 19.7 Å². The molecule has 0 aliphatic heterocycles. The van der Waals surface area contributed by atoms with Crippen LogP contribution < -0.4 is 10.6 Å². The second-order valence-electron chi connectivity index (χ2n) is 5.67. The van der Waals surface area contributed by atoms with E-state index in [1.54, 1.807) is 12.2 Å². The smallest absolute Gasteiger partial charge is 0.292 e. The Morgan fingerprint density at radius 1 is 0.897 bits per heavy atom. The zero-order chi connectivity index (χ0) is 20.6. The second kappa shape index (κ2) is 9.58. The molecule has 146 valence electrons. The van der Waals surface area contributed by atoms with Crippen molar-refractivity contribution in [1.82, 2.24) is 0 Å². The number of hydrogen-bond donors (Lipinski definition) is 2. The highest BCUT2D eigenvalue weighted by atomic mass is 32.1. The van der Waals surface area contributed by atoms with Gasteiger partial charge in [0.2, 0.25) is 11.8 Å². The van der Waals surface area contributed by atoms with Crippen LogP contribution in [0.5, 0.6) is 0 Å². The molecule has 3 aromatic rings. The molecule has 0 atom stereocenters. The van der Waals surface area contributed by atoms with Crippen molar-refractivity contribution in [3.05, 3.63) is 85.2 Å². The lowest BCUT2D eigenvalue weighted by molar-refractivity contribution is -0.383. The van der Waals surface area contributed by atoms with E-state index in [2.05, 4.69) is 10.6 Å². The Morgan fingerprint density at radius 2 is 1.48 bits per heavy atom. The lowest BCUT2D eigenvalue weighted by Crippen LogP contribution is -2.12. The number of benzene rings is 1. The molecule has 0 saturated carbocycles. The van der Waals surface area contributed by atoms with E-state index >= 15 is 0 Å². The molecule has 0 bridgehead atoms. The van der Waals surface area contributed by atoms with Gasteiger partial charge in [0.25, 0.3) is 5.69 Å². The van der Waals surface area contributed by atoms with Crippen LogP contribution in [0, 0.1) is 10.1 Å². The number of anilines is 2. The van der Waals surface area contributed by atoms with Crippen molar-refractivity contribution < 1.29 is 14.5 Å². The molecule has 0 aliphatic rings. The van der Waals surface area contributed by atoms with Crippen LogP contribution in [0.3, 0.4) is 0 Å². The van der Waals surface area contributed by atoms with Gasteiger partial charge in [-0.3, -0.25) is 19.7 Å². The van der Waals surface area contributed by atoms with Gasteiger partial charge in [-0.1, -0.05) is 12.1 Å². The highest BCUT2D eigenvalue weighted by Crippen LogP contribution is 2.28. The molecule has 0 spiro atoms. The van der Waals surface area contributed by atoms with Gasteiger partial charge >= 0.3 is 0 Å². The predicted octanol–water partition coefficient (Wildman–Crippen LogP) is 5.02. The molecule has 1 aromatic carbocycles. The van der Waals surface area contributed by atoms with Crippen molar-refractivity contribution in [3.8, 4) is 0 Å². The van der Waals surface area contributed by atoms with E-state index in [1.807, 2.05) is 35.0 Å². The molecule has 0 unspecified atom stereocenters. The third-order valence-electron chi connectivity index (χ3n) is 3.60. The second-order valence-corrected chi connectivity index (χ2v) is 7.62. The molecule has 2 amide bonds. The molecule has 0 fully saturated rings. The number of nitrogens with zero attached hydrogens (tertiary/aromatic N) is 1. The maximum atomic E-state index is 12.1. The topological polar surface area (TPSA) is 101 Å². The summed E-state index contributed by atoms with van der Waals surface area (Å²) in [5, 5.41) is 20.1. The van der Waals surface area contributed by atoms with Gasteiger partial charge in [0.1, 0.15) is 5.69 Å². The summed E-state index contributed by atoms with van der Waals surface area (Å²) < 4.78 is 0. The Hall–Kier alpha value is -3.56. The number of carbonyl (C=O) groups is 2. The molecule has 3 rings (SSSR count). The maximum Gasteiger partial charge on any atom is 0.292 e. The molecular formula is C20H15N3O4S2. The molecule has 0 saturated heterocycles. The van der Waals surface area contributed by atoms with E-state index in [1.165, 1.54) is 53.0 Å². The summed E-state index contributed by atoms with van der Waals surface area (Å²) in [5.41, 5.74) is 0.0554. The van der Waals surface area contributed by atoms with Crippen LogP contribution in [0.4, 0.5) is 17.1 Å². The predicted molar refractivity (Wildman–Crippen MR) is 117 cm³/mol. The lowest BCUT2D eigenvalue weighted by Gasteiger charge is -2.07. The zero-order valence-corrected chi connectivity index (χ0v) is 16.5. The largest absolute Gasteiger partial charge is 0.322 e. The minimum atomic E-state index is -0.596. The highest BCUT2D eigenvalue weighted by molar-refractivity contribution is 7.11. The van der Waals surface area contributed by atoms with E-state index in [0.717, 1.165) is 9.75 Å². The van der Waals surface area contributed by atoms with Gasteiger partial charge in [-0.25, -0.2) is 0 Å². The molecule has 7 nitrogen and oxygen atoms in total. The van der Waals surface area contributed by atoms with E-state index in [4.69, 9.17) is 0 Å². The third-order valence-corrected chi connectivity index (χ3v) is 5.28. The number of nitrogens with one attached hydrogen (secondary N) is 2. The minimum absolute atomic E-state index is 0.00383. The normalized spacial score (nSPS) is 11.0. The lowest BCUT2D eigenvalue weighted by atomic mass is 10.2. The summed E-state index contributed by atoms with van der Waals surface area (Å²) >= 11 is 2.96. The highest BCUT2D eigenvalue weighted by Gasteiger charge is 2.16. The van der Waals surface area contributed by atoms with Crippen molar-refractivity contribution in [1.29, 1.82) is 0 Å². The summed E-state index contributed by atoms with van der Waals surface area (Å²) in [6.45, 7) is 0. The molecule has 2 aromatic heterocycles. The van der Waals surface area contributed by atoms with Crippen molar-refractivity contribution >= 4 is 63.7 Å². The van der Waals surface area contributed by atoms with Gasteiger partial charge < -0.3 is 10.6 Å². The zero-order valence-electron chi connectivity index (χ0n) is 14.9. The first-order valence-electron chi connectivity index (χ1n) is 8.35. The summed E-state index contributed by atoms with van der Waals surface area (Å²) in [6, 6.07) is 11.4. The molecule has 2 heterocycles. The fourth-order valence-electron chi connectivity index (χ4n) is 2.32. The standard InChI is InChI=1S/C20H15N3O4S2/c24-19(9-6-15-3-1-11-28-15)21-14-5-8-18(23(26)27)17(13-14)22-20(25)10-7-16-4-2-12-29-16/h1-13H,(H,21,24)(H,22,25)/b9-6+,10-7-. The fourth-order valence-corrected chi connectivity index (χ4v) is 3.56. The summed E-state index contributed by atoms with van der Waals surface area (Å²) in [6.07, 6.45) is 5.95. The number of nitro groups is 1. The SMILES string of the molecule is O=C(/C=C\c1cccs1)Nc1cc(NC(=O)/C=C/c2cccs2)ccc1[N+](=O)[O-]. The van der Waals surface area contributed by atoms with Crippen LogP contribution in [0.25, 0.3) is 12.2 Å². The van der Waals surface area contributed by atoms with Crippen molar-refractivity contribution in [2.24, 2.45) is 0 Å². The number of hydrogen-bond acceptors (Lipinski definition) is 6. The third kappa shape index (κ3) is 5.96. The average Bonchev–Trinajstić information content (AvgIpc) is 3.38. The quantitative estimate of drug-likeness (QED) is 0.315. The van der Waals surface area contributed by atoms with Crippen LogP contribution in [-0.4, -0.2) is 16.7 Å². The summed E-state index contributed by atoms with van der Waals surface area (Å²) in [4.78, 5) is 36.7. The maximum absolute atomic E-state index is 12.1. The minimum Gasteiger partial charge on any atom is -0.322 e. The van der Waals surface area contributed by atoms with Crippen LogP contribution in [0.2, 0.25) is 0 Å².